The van der Waals surface area contributed by atoms with Gasteiger partial charge in [0, 0.05) is 12.6 Å². The molecule has 0 aliphatic rings. The molecule has 0 amide bonds. The number of benzene rings is 1. The van der Waals surface area contributed by atoms with Crippen molar-refractivity contribution in [2.75, 3.05) is 0 Å². The number of carbonyl (C=O) groups excluding carboxylic acids is 1. The highest BCUT2D eigenvalue weighted by Gasteiger charge is 2.17. The summed E-state index contributed by atoms with van der Waals surface area (Å²) in [5.41, 5.74) is 4.36. The van der Waals surface area contributed by atoms with E-state index in [0.717, 1.165) is 28.1 Å². The molecular weight excluding hydrogens is 260 g/mol. The zero-order valence-corrected chi connectivity index (χ0v) is 12.4. The van der Waals surface area contributed by atoms with Gasteiger partial charge in [-0.3, -0.25) is 9.48 Å². The van der Waals surface area contributed by atoms with Gasteiger partial charge in [-0.1, -0.05) is 29.3 Å². The fraction of sp³-hybridized carbons (Fsp3) is 0.333. The number of carbonyl (C=O) groups is 1. The fourth-order valence-electron chi connectivity index (χ4n) is 2.16. The third-order valence-electron chi connectivity index (χ3n) is 3.28. The van der Waals surface area contributed by atoms with Gasteiger partial charge in [0.15, 0.2) is 5.78 Å². The van der Waals surface area contributed by atoms with Crippen molar-refractivity contribution in [1.82, 2.24) is 9.78 Å². The third-order valence-corrected chi connectivity index (χ3v) is 3.77. The minimum atomic E-state index is 0.0751. The molecule has 3 nitrogen and oxygen atoms in total. The topological polar surface area (TPSA) is 34.9 Å². The molecule has 0 spiro atoms. The van der Waals surface area contributed by atoms with Crippen LogP contribution >= 0.6 is 11.6 Å². The maximum atomic E-state index is 12.4. The first-order chi connectivity index (χ1) is 8.90. The lowest BCUT2D eigenvalue weighted by Gasteiger charge is -2.07. The molecule has 1 aromatic heterocycles. The number of hydrogen-bond acceptors (Lipinski definition) is 2. The minimum absolute atomic E-state index is 0.0751. The summed E-state index contributed by atoms with van der Waals surface area (Å²) in [4.78, 5) is 12.4. The molecule has 1 heterocycles. The predicted molar refractivity (Wildman–Crippen MR) is 76.9 cm³/mol. The number of aromatic nitrogens is 2. The number of ketones is 1. The maximum Gasteiger partial charge on any atom is 0.169 e. The minimum Gasteiger partial charge on any atom is -0.294 e. The molecule has 0 N–H and O–H groups in total. The first-order valence-electron chi connectivity index (χ1n) is 6.18. The molecule has 100 valence electrons. The lowest BCUT2D eigenvalue weighted by Crippen LogP contribution is -2.10. The first kappa shape index (κ1) is 13.8. The molecule has 1 aromatic carbocycles. The van der Waals surface area contributed by atoms with Gasteiger partial charge in [0.05, 0.1) is 22.8 Å². The summed E-state index contributed by atoms with van der Waals surface area (Å²) < 4.78 is 1.68. The van der Waals surface area contributed by atoms with E-state index in [1.807, 2.05) is 46.0 Å². The zero-order valence-electron chi connectivity index (χ0n) is 11.6. The van der Waals surface area contributed by atoms with Crippen molar-refractivity contribution in [1.29, 1.82) is 0 Å². The van der Waals surface area contributed by atoms with Crippen molar-refractivity contribution in [2.45, 2.75) is 27.2 Å². The van der Waals surface area contributed by atoms with Crippen LogP contribution in [0.15, 0.2) is 18.2 Å². The quantitative estimate of drug-likeness (QED) is 0.805. The van der Waals surface area contributed by atoms with Crippen LogP contribution in [0.25, 0.3) is 0 Å². The van der Waals surface area contributed by atoms with Crippen LogP contribution in [-0.4, -0.2) is 15.6 Å². The van der Waals surface area contributed by atoms with Crippen molar-refractivity contribution in [3.63, 3.8) is 0 Å². The van der Waals surface area contributed by atoms with Gasteiger partial charge >= 0.3 is 0 Å². The van der Waals surface area contributed by atoms with Gasteiger partial charge in [-0.25, -0.2) is 0 Å². The number of nitrogens with zero attached hydrogens (tertiary/aromatic N) is 2. The molecular formula is C15H17ClN2O. The highest BCUT2D eigenvalue weighted by Crippen LogP contribution is 2.22. The van der Waals surface area contributed by atoms with Crippen LogP contribution in [0.1, 0.15) is 32.9 Å². The summed E-state index contributed by atoms with van der Waals surface area (Å²) >= 11 is 6.18. The second-order valence-electron chi connectivity index (χ2n) is 4.89. The van der Waals surface area contributed by atoms with Crippen LogP contribution in [0.2, 0.25) is 5.02 Å². The van der Waals surface area contributed by atoms with Crippen LogP contribution in [0.3, 0.4) is 0 Å². The molecule has 2 rings (SSSR count). The van der Waals surface area contributed by atoms with Gasteiger partial charge in [0.1, 0.15) is 0 Å². The van der Waals surface area contributed by atoms with E-state index in [9.17, 15) is 4.79 Å². The van der Waals surface area contributed by atoms with E-state index >= 15 is 0 Å². The summed E-state index contributed by atoms with van der Waals surface area (Å²) in [6.07, 6.45) is 0.278. The Labute approximate surface area is 118 Å². The Morgan fingerprint density at radius 2 is 2.00 bits per heavy atom. The van der Waals surface area contributed by atoms with Gasteiger partial charge in [-0.05, 0) is 32.4 Å². The number of hydrogen-bond donors (Lipinski definition) is 0. The lowest BCUT2D eigenvalue weighted by atomic mass is 9.99. The number of aryl methyl sites for hydroxylation is 4. The van der Waals surface area contributed by atoms with Gasteiger partial charge < -0.3 is 0 Å². The van der Waals surface area contributed by atoms with Crippen molar-refractivity contribution >= 4 is 17.4 Å². The molecule has 0 saturated heterocycles. The molecule has 0 unspecified atom stereocenters. The third kappa shape index (κ3) is 2.71. The van der Waals surface area contributed by atoms with E-state index in [4.69, 9.17) is 11.6 Å². The number of halogens is 1. The van der Waals surface area contributed by atoms with Crippen LogP contribution in [0.5, 0.6) is 0 Å². The summed E-state index contributed by atoms with van der Waals surface area (Å²) in [5, 5.41) is 4.81. The SMILES string of the molecule is Cc1ccc(C)c(C(=O)Cc2c(Cl)c(C)nn2C)c1. The predicted octanol–water partition coefficient (Wildman–Crippen LogP) is 3.42. The van der Waals surface area contributed by atoms with Crippen molar-refractivity contribution in [3.8, 4) is 0 Å². The molecule has 0 fully saturated rings. The largest absolute Gasteiger partial charge is 0.294 e. The molecule has 2 aromatic rings. The highest BCUT2D eigenvalue weighted by atomic mass is 35.5. The van der Waals surface area contributed by atoms with Crippen LogP contribution in [-0.2, 0) is 13.5 Å². The average molecular weight is 277 g/mol. The van der Waals surface area contributed by atoms with E-state index in [0.29, 0.717) is 5.02 Å². The normalized spacial score (nSPS) is 10.8. The average Bonchev–Trinajstić information content (AvgIpc) is 2.59. The Morgan fingerprint density at radius 1 is 1.32 bits per heavy atom. The van der Waals surface area contributed by atoms with Crippen molar-refractivity contribution in [3.05, 3.63) is 51.3 Å². The van der Waals surface area contributed by atoms with Crippen molar-refractivity contribution in [2.24, 2.45) is 7.05 Å². The maximum absolute atomic E-state index is 12.4. The Hall–Kier alpha value is -1.61. The Kier molecular flexibility index (Phi) is 3.76. The van der Waals surface area contributed by atoms with Gasteiger partial charge in [0.2, 0.25) is 0 Å². The van der Waals surface area contributed by atoms with E-state index in [2.05, 4.69) is 5.10 Å². The number of Topliss-reactive ketones (excluding diaryl/α,β-unsaturated/α-hetero) is 1. The Bertz CT molecular complexity index is 644. The molecule has 4 heteroatoms. The fourth-order valence-corrected chi connectivity index (χ4v) is 2.38. The monoisotopic (exact) mass is 276 g/mol. The second-order valence-corrected chi connectivity index (χ2v) is 5.27. The van der Waals surface area contributed by atoms with Crippen LogP contribution in [0.4, 0.5) is 0 Å². The summed E-state index contributed by atoms with van der Waals surface area (Å²) in [6.45, 7) is 5.77. The van der Waals surface area contributed by atoms with Gasteiger partial charge in [0.25, 0.3) is 0 Å². The Balaban J connectivity index is 2.33. The van der Waals surface area contributed by atoms with Gasteiger partial charge in [-0.2, -0.15) is 5.10 Å². The van der Waals surface area contributed by atoms with Crippen LogP contribution in [0, 0.1) is 20.8 Å². The first-order valence-corrected chi connectivity index (χ1v) is 6.56. The summed E-state index contributed by atoms with van der Waals surface area (Å²) in [7, 11) is 1.81. The molecule has 0 atom stereocenters. The second kappa shape index (κ2) is 5.17. The molecule has 0 aliphatic carbocycles. The summed E-state index contributed by atoms with van der Waals surface area (Å²) in [5.74, 6) is 0.0751. The molecule has 0 aliphatic heterocycles. The highest BCUT2D eigenvalue weighted by molar-refractivity contribution is 6.32. The molecule has 0 saturated carbocycles. The van der Waals surface area contributed by atoms with Crippen LogP contribution < -0.4 is 0 Å². The van der Waals surface area contributed by atoms with E-state index in [-0.39, 0.29) is 12.2 Å². The Morgan fingerprint density at radius 3 is 2.58 bits per heavy atom. The number of rotatable bonds is 3. The van der Waals surface area contributed by atoms with Gasteiger partial charge in [-0.15, -0.1) is 0 Å². The molecule has 0 bridgehead atoms. The van der Waals surface area contributed by atoms with E-state index in [1.54, 1.807) is 4.68 Å². The molecule has 19 heavy (non-hydrogen) atoms. The zero-order chi connectivity index (χ0) is 14.2. The van der Waals surface area contributed by atoms with E-state index < -0.39 is 0 Å². The smallest absolute Gasteiger partial charge is 0.169 e. The standard InChI is InChI=1S/C15H17ClN2O/c1-9-5-6-10(2)12(7-9)14(19)8-13-15(16)11(3)17-18(13)4/h5-7H,8H2,1-4H3. The summed E-state index contributed by atoms with van der Waals surface area (Å²) in [6, 6.07) is 5.90. The lowest BCUT2D eigenvalue weighted by molar-refractivity contribution is 0.0990. The van der Waals surface area contributed by atoms with E-state index in [1.165, 1.54) is 0 Å². The van der Waals surface area contributed by atoms with Crippen molar-refractivity contribution < 1.29 is 4.79 Å². The molecule has 0 radical (unpaired) electrons.